The van der Waals surface area contributed by atoms with E-state index in [4.69, 9.17) is 0 Å². The quantitative estimate of drug-likeness (QED) is 0.460. The molecular formula is C7H10O. The summed E-state index contributed by atoms with van der Waals surface area (Å²) in [6.45, 7) is 2.22. The molecule has 0 aromatic rings. The molecule has 0 aromatic carbocycles. The minimum absolute atomic E-state index is 0.483. The summed E-state index contributed by atoms with van der Waals surface area (Å²) >= 11 is 0. The SMILES string of the molecule is C[C@@]12CC(=O)CC1C2. The lowest BCUT2D eigenvalue weighted by atomic mass is 10.1. The molecule has 44 valence electrons. The van der Waals surface area contributed by atoms with Gasteiger partial charge in [0, 0.05) is 12.8 Å². The highest BCUT2D eigenvalue weighted by molar-refractivity contribution is 5.83. The molecule has 2 aliphatic carbocycles. The normalized spacial score (nSPS) is 51.6. The van der Waals surface area contributed by atoms with Crippen LogP contribution in [0.3, 0.4) is 0 Å². The maximum Gasteiger partial charge on any atom is 0.133 e. The van der Waals surface area contributed by atoms with Crippen molar-refractivity contribution in [3.8, 4) is 0 Å². The first-order chi connectivity index (χ1) is 3.71. The van der Waals surface area contributed by atoms with Gasteiger partial charge >= 0.3 is 0 Å². The monoisotopic (exact) mass is 110 g/mol. The molecule has 0 saturated heterocycles. The van der Waals surface area contributed by atoms with Crippen molar-refractivity contribution in [2.75, 3.05) is 0 Å². The van der Waals surface area contributed by atoms with Crippen molar-refractivity contribution >= 4 is 5.78 Å². The molecule has 0 aliphatic heterocycles. The highest BCUT2D eigenvalue weighted by Gasteiger charge is 2.56. The summed E-state index contributed by atoms with van der Waals surface area (Å²) < 4.78 is 0. The number of ketones is 1. The molecule has 1 unspecified atom stereocenters. The smallest absolute Gasteiger partial charge is 0.133 e. The highest BCUT2D eigenvalue weighted by Crippen LogP contribution is 2.61. The lowest BCUT2D eigenvalue weighted by Gasteiger charge is -1.95. The van der Waals surface area contributed by atoms with Gasteiger partial charge in [-0.1, -0.05) is 6.92 Å². The predicted octanol–water partition coefficient (Wildman–Crippen LogP) is 1.38. The maximum atomic E-state index is 10.7. The van der Waals surface area contributed by atoms with Gasteiger partial charge in [-0.25, -0.2) is 0 Å². The Kier molecular flexibility index (Phi) is 0.565. The lowest BCUT2D eigenvalue weighted by Crippen LogP contribution is -1.95. The van der Waals surface area contributed by atoms with Crippen LogP contribution in [-0.2, 0) is 4.79 Å². The molecular weight excluding hydrogens is 100 g/mol. The van der Waals surface area contributed by atoms with E-state index in [2.05, 4.69) is 6.92 Å². The van der Waals surface area contributed by atoms with E-state index in [1.54, 1.807) is 0 Å². The standard InChI is InChI=1S/C7H10O/c1-7-3-5(7)2-6(8)4-7/h5H,2-4H2,1H3/t5?,7-/m1/s1. The zero-order valence-corrected chi connectivity index (χ0v) is 5.11. The van der Waals surface area contributed by atoms with Crippen molar-refractivity contribution in [1.82, 2.24) is 0 Å². The average molecular weight is 110 g/mol. The molecule has 0 aromatic heterocycles. The van der Waals surface area contributed by atoms with Crippen LogP contribution in [0.25, 0.3) is 0 Å². The van der Waals surface area contributed by atoms with Crippen LogP contribution in [-0.4, -0.2) is 5.78 Å². The second kappa shape index (κ2) is 0.996. The Morgan fingerprint density at radius 1 is 1.75 bits per heavy atom. The summed E-state index contributed by atoms with van der Waals surface area (Å²) in [7, 11) is 0. The predicted molar refractivity (Wildman–Crippen MR) is 30.5 cm³/mol. The molecule has 1 nitrogen and oxygen atoms in total. The summed E-state index contributed by atoms with van der Waals surface area (Å²) in [5.41, 5.74) is 0.483. The maximum absolute atomic E-state index is 10.7. The summed E-state index contributed by atoms with van der Waals surface area (Å²) in [4.78, 5) is 10.7. The molecule has 2 atom stereocenters. The molecule has 0 bridgehead atoms. The molecule has 2 saturated carbocycles. The van der Waals surface area contributed by atoms with Crippen molar-refractivity contribution in [1.29, 1.82) is 0 Å². The van der Waals surface area contributed by atoms with Crippen molar-refractivity contribution < 1.29 is 4.79 Å². The third kappa shape index (κ3) is 0.396. The Morgan fingerprint density at radius 3 is 2.75 bits per heavy atom. The molecule has 1 heteroatoms. The third-order valence-electron chi connectivity index (χ3n) is 2.61. The Bertz CT molecular complexity index is 150. The zero-order chi connectivity index (χ0) is 5.78. The number of Topliss-reactive ketones (excluding diaryl/α,β-unsaturated/α-hetero) is 1. The number of carbonyl (C=O) groups excluding carboxylic acids is 1. The van der Waals surface area contributed by atoms with Crippen molar-refractivity contribution in [3.63, 3.8) is 0 Å². The summed E-state index contributed by atoms with van der Waals surface area (Å²) in [6.07, 6.45) is 3.08. The Balaban J connectivity index is 2.21. The van der Waals surface area contributed by atoms with Crippen LogP contribution in [0.4, 0.5) is 0 Å². The fraction of sp³-hybridized carbons (Fsp3) is 0.857. The van der Waals surface area contributed by atoms with E-state index in [1.807, 2.05) is 0 Å². The Labute approximate surface area is 49.1 Å². The summed E-state index contributed by atoms with van der Waals surface area (Å²) in [6, 6.07) is 0. The number of fused-ring (bicyclic) bond motifs is 1. The van der Waals surface area contributed by atoms with Crippen molar-refractivity contribution in [2.45, 2.75) is 26.2 Å². The van der Waals surface area contributed by atoms with E-state index in [0.29, 0.717) is 11.2 Å². The molecule has 0 amide bonds. The van der Waals surface area contributed by atoms with Crippen molar-refractivity contribution in [2.24, 2.45) is 11.3 Å². The molecule has 0 heterocycles. The summed E-state index contributed by atoms with van der Waals surface area (Å²) in [5, 5.41) is 0. The van der Waals surface area contributed by atoms with Gasteiger partial charge in [-0.3, -0.25) is 4.79 Å². The van der Waals surface area contributed by atoms with Crippen LogP contribution in [0.15, 0.2) is 0 Å². The van der Waals surface area contributed by atoms with Crippen LogP contribution >= 0.6 is 0 Å². The van der Waals surface area contributed by atoms with Crippen LogP contribution in [0.5, 0.6) is 0 Å². The van der Waals surface area contributed by atoms with Crippen molar-refractivity contribution in [3.05, 3.63) is 0 Å². The molecule has 0 radical (unpaired) electrons. The van der Waals surface area contributed by atoms with Crippen LogP contribution < -0.4 is 0 Å². The van der Waals surface area contributed by atoms with Gasteiger partial charge in [0.15, 0.2) is 0 Å². The van der Waals surface area contributed by atoms with Gasteiger partial charge in [0.1, 0.15) is 5.78 Å². The molecule has 2 aliphatic rings. The number of hydrogen-bond acceptors (Lipinski definition) is 1. The van der Waals surface area contributed by atoms with Gasteiger partial charge in [0.05, 0.1) is 0 Å². The Morgan fingerprint density at radius 2 is 2.50 bits per heavy atom. The molecule has 2 fully saturated rings. The van der Waals surface area contributed by atoms with E-state index in [1.165, 1.54) is 6.42 Å². The largest absolute Gasteiger partial charge is 0.300 e. The fourth-order valence-corrected chi connectivity index (χ4v) is 1.84. The van der Waals surface area contributed by atoms with E-state index in [0.717, 1.165) is 18.8 Å². The van der Waals surface area contributed by atoms with Gasteiger partial charge in [0.2, 0.25) is 0 Å². The van der Waals surface area contributed by atoms with Crippen LogP contribution in [0.1, 0.15) is 26.2 Å². The van der Waals surface area contributed by atoms with Gasteiger partial charge in [-0.2, -0.15) is 0 Å². The average Bonchev–Trinajstić information content (AvgIpc) is 2.07. The van der Waals surface area contributed by atoms with E-state index >= 15 is 0 Å². The zero-order valence-electron chi connectivity index (χ0n) is 5.11. The van der Waals surface area contributed by atoms with E-state index in [-0.39, 0.29) is 0 Å². The van der Waals surface area contributed by atoms with E-state index in [9.17, 15) is 4.79 Å². The first-order valence-electron chi connectivity index (χ1n) is 3.22. The van der Waals surface area contributed by atoms with Gasteiger partial charge in [0.25, 0.3) is 0 Å². The molecule has 2 rings (SSSR count). The lowest BCUT2D eigenvalue weighted by molar-refractivity contribution is -0.118. The topological polar surface area (TPSA) is 17.1 Å². The van der Waals surface area contributed by atoms with Crippen LogP contribution in [0, 0.1) is 11.3 Å². The summed E-state index contributed by atoms with van der Waals surface area (Å²) in [5.74, 6) is 1.28. The second-order valence-corrected chi connectivity index (χ2v) is 3.47. The van der Waals surface area contributed by atoms with Crippen LogP contribution in [0.2, 0.25) is 0 Å². The minimum Gasteiger partial charge on any atom is -0.300 e. The van der Waals surface area contributed by atoms with Gasteiger partial charge in [-0.05, 0) is 17.8 Å². The highest BCUT2D eigenvalue weighted by atomic mass is 16.1. The van der Waals surface area contributed by atoms with Gasteiger partial charge in [-0.15, -0.1) is 0 Å². The fourth-order valence-electron chi connectivity index (χ4n) is 1.84. The van der Waals surface area contributed by atoms with E-state index < -0.39 is 0 Å². The number of rotatable bonds is 0. The Hall–Kier alpha value is -0.330. The number of hydrogen-bond donors (Lipinski definition) is 0. The molecule has 0 N–H and O–H groups in total. The van der Waals surface area contributed by atoms with Gasteiger partial charge < -0.3 is 0 Å². The minimum atomic E-state index is 0.483. The number of carbonyl (C=O) groups is 1. The first-order valence-corrected chi connectivity index (χ1v) is 3.22. The second-order valence-electron chi connectivity index (χ2n) is 3.47. The first kappa shape index (κ1) is 4.54. The molecule has 0 spiro atoms. The third-order valence-corrected chi connectivity index (χ3v) is 2.61. The molecule has 8 heavy (non-hydrogen) atoms.